The Bertz CT molecular complexity index is 277. The Balaban J connectivity index is 3.25. The fraction of sp³-hybridized carbons (Fsp3) is 0.143. The number of hydrogen-bond donors (Lipinski definition) is 2. The average Bonchev–Trinajstić information content (AvgIpc) is 2.01. The minimum Gasteiger partial charge on any atom is -0.495 e. The average molecular weight is 234 g/mol. The third-order valence-corrected chi connectivity index (χ3v) is 2.80. The van der Waals surface area contributed by atoms with Gasteiger partial charge in [0, 0.05) is 9.37 Å². The predicted molar refractivity (Wildman–Crippen MR) is 52.4 cm³/mol. The van der Waals surface area contributed by atoms with E-state index in [4.69, 9.17) is 10.5 Å². The number of anilines is 1. The van der Waals surface area contributed by atoms with Crippen LogP contribution in [0.4, 0.5) is 5.69 Å². The molecule has 0 bridgehead atoms. The summed E-state index contributed by atoms with van der Waals surface area (Å²) in [5.41, 5.74) is 6.22. The highest BCUT2D eigenvalue weighted by Gasteiger charge is 2.04. The molecule has 2 nitrogen and oxygen atoms in total. The molecule has 4 heteroatoms. The molecule has 0 amide bonds. The van der Waals surface area contributed by atoms with Crippen LogP contribution in [-0.4, -0.2) is 7.11 Å². The topological polar surface area (TPSA) is 35.2 Å². The van der Waals surface area contributed by atoms with Gasteiger partial charge in [0.15, 0.2) is 0 Å². The summed E-state index contributed by atoms with van der Waals surface area (Å²) >= 11 is 7.48. The van der Waals surface area contributed by atoms with Crippen LogP contribution in [0.1, 0.15) is 0 Å². The highest BCUT2D eigenvalue weighted by molar-refractivity contribution is 9.10. The second-order valence-electron chi connectivity index (χ2n) is 2.01. The van der Waals surface area contributed by atoms with E-state index in [0.717, 1.165) is 4.47 Å². The smallest absolute Gasteiger partial charge is 0.142 e. The number of hydrogen-bond acceptors (Lipinski definition) is 3. The number of ether oxygens (including phenoxy) is 1. The number of methoxy groups -OCH3 is 1. The van der Waals surface area contributed by atoms with Crippen molar-refractivity contribution < 1.29 is 4.74 Å². The number of benzene rings is 1. The third-order valence-electron chi connectivity index (χ3n) is 1.35. The van der Waals surface area contributed by atoms with Crippen molar-refractivity contribution in [2.75, 3.05) is 12.8 Å². The standard InChI is InChI=1S/C7H8BrNOS/c1-10-5-3-2-4(8)7(11)6(5)9/h2-3,11H,9H2,1H3. The van der Waals surface area contributed by atoms with Crippen molar-refractivity contribution in [3.05, 3.63) is 16.6 Å². The normalized spacial score (nSPS) is 9.73. The molecule has 0 heterocycles. The second-order valence-corrected chi connectivity index (χ2v) is 3.31. The van der Waals surface area contributed by atoms with Gasteiger partial charge < -0.3 is 10.5 Å². The Morgan fingerprint density at radius 3 is 2.73 bits per heavy atom. The fourth-order valence-corrected chi connectivity index (χ4v) is 1.27. The molecule has 60 valence electrons. The van der Waals surface area contributed by atoms with Crippen molar-refractivity contribution in [3.8, 4) is 5.75 Å². The van der Waals surface area contributed by atoms with Crippen molar-refractivity contribution in [2.45, 2.75) is 4.90 Å². The van der Waals surface area contributed by atoms with Gasteiger partial charge in [-0.05, 0) is 28.1 Å². The van der Waals surface area contributed by atoms with E-state index in [1.54, 1.807) is 13.2 Å². The molecule has 0 fully saturated rings. The van der Waals surface area contributed by atoms with Crippen molar-refractivity contribution in [1.29, 1.82) is 0 Å². The number of nitrogens with two attached hydrogens (primary N) is 1. The summed E-state index contributed by atoms with van der Waals surface area (Å²) < 4.78 is 5.86. The number of thiol groups is 1. The van der Waals surface area contributed by atoms with Gasteiger partial charge in [0.2, 0.25) is 0 Å². The number of halogens is 1. The molecule has 0 aromatic heterocycles. The quantitative estimate of drug-likeness (QED) is 0.577. The maximum absolute atomic E-state index is 5.66. The van der Waals surface area contributed by atoms with Gasteiger partial charge in [0.25, 0.3) is 0 Å². The highest BCUT2D eigenvalue weighted by atomic mass is 79.9. The monoisotopic (exact) mass is 233 g/mol. The van der Waals surface area contributed by atoms with E-state index in [9.17, 15) is 0 Å². The van der Waals surface area contributed by atoms with Crippen LogP contribution in [0, 0.1) is 0 Å². The SMILES string of the molecule is COc1ccc(Br)c(S)c1N. The third kappa shape index (κ3) is 1.62. The van der Waals surface area contributed by atoms with Crippen molar-refractivity contribution >= 4 is 34.2 Å². The predicted octanol–water partition coefficient (Wildman–Crippen LogP) is 2.33. The van der Waals surface area contributed by atoms with Crippen LogP contribution in [0.3, 0.4) is 0 Å². The van der Waals surface area contributed by atoms with E-state index in [2.05, 4.69) is 28.6 Å². The fourth-order valence-electron chi connectivity index (χ4n) is 0.741. The lowest BCUT2D eigenvalue weighted by atomic mass is 10.3. The molecule has 0 spiro atoms. The van der Waals surface area contributed by atoms with E-state index >= 15 is 0 Å². The molecule has 2 N–H and O–H groups in total. The molecule has 11 heavy (non-hydrogen) atoms. The lowest BCUT2D eigenvalue weighted by Crippen LogP contribution is -1.93. The maximum atomic E-state index is 5.66. The molecule has 0 aliphatic rings. The number of nitrogen functional groups attached to an aromatic ring is 1. The summed E-state index contributed by atoms with van der Waals surface area (Å²) in [5.74, 6) is 0.651. The molecule has 0 radical (unpaired) electrons. The van der Waals surface area contributed by atoms with Crippen LogP contribution in [0.5, 0.6) is 5.75 Å². The summed E-state index contributed by atoms with van der Waals surface area (Å²) in [6.45, 7) is 0. The molecular formula is C7H8BrNOS. The zero-order valence-corrected chi connectivity index (χ0v) is 8.45. The first-order valence-corrected chi connectivity index (χ1v) is 4.21. The summed E-state index contributed by atoms with van der Waals surface area (Å²) in [4.78, 5) is 0.712. The van der Waals surface area contributed by atoms with Gasteiger partial charge in [-0.1, -0.05) is 0 Å². The first kappa shape index (κ1) is 8.74. The zero-order valence-electron chi connectivity index (χ0n) is 5.97. The van der Waals surface area contributed by atoms with Gasteiger partial charge in [-0.3, -0.25) is 0 Å². The van der Waals surface area contributed by atoms with E-state index in [1.807, 2.05) is 6.07 Å². The van der Waals surface area contributed by atoms with E-state index in [1.165, 1.54) is 0 Å². The van der Waals surface area contributed by atoms with Crippen molar-refractivity contribution in [1.82, 2.24) is 0 Å². The second kappa shape index (κ2) is 3.36. The number of rotatable bonds is 1. The summed E-state index contributed by atoms with van der Waals surface area (Å²) in [6, 6.07) is 3.64. The van der Waals surface area contributed by atoms with E-state index in [-0.39, 0.29) is 0 Å². The molecule has 0 saturated carbocycles. The minimum absolute atomic E-state index is 0.560. The van der Waals surface area contributed by atoms with Crippen molar-refractivity contribution in [3.63, 3.8) is 0 Å². The lowest BCUT2D eigenvalue weighted by Gasteiger charge is -2.06. The molecule has 0 aliphatic carbocycles. The zero-order chi connectivity index (χ0) is 8.43. The van der Waals surface area contributed by atoms with Crippen LogP contribution in [0.15, 0.2) is 21.5 Å². The summed E-state index contributed by atoms with van der Waals surface area (Å²) in [7, 11) is 1.58. The van der Waals surface area contributed by atoms with Gasteiger partial charge in [-0.25, -0.2) is 0 Å². The van der Waals surface area contributed by atoms with Crippen LogP contribution in [0.2, 0.25) is 0 Å². The Hall–Kier alpha value is -0.350. The van der Waals surface area contributed by atoms with Crippen LogP contribution in [-0.2, 0) is 0 Å². The van der Waals surface area contributed by atoms with Crippen molar-refractivity contribution in [2.24, 2.45) is 0 Å². The molecule has 0 aliphatic heterocycles. The molecular weight excluding hydrogens is 226 g/mol. The Morgan fingerprint density at radius 2 is 2.18 bits per heavy atom. The van der Waals surface area contributed by atoms with E-state index < -0.39 is 0 Å². The molecule has 0 unspecified atom stereocenters. The molecule has 0 saturated heterocycles. The minimum atomic E-state index is 0.560. The van der Waals surface area contributed by atoms with Gasteiger partial charge in [-0.15, -0.1) is 12.6 Å². The first-order chi connectivity index (χ1) is 5.16. The Morgan fingerprint density at radius 1 is 1.55 bits per heavy atom. The summed E-state index contributed by atoms with van der Waals surface area (Å²) in [6.07, 6.45) is 0. The van der Waals surface area contributed by atoms with E-state index in [0.29, 0.717) is 16.3 Å². The molecule has 1 aromatic rings. The van der Waals surface area contributed by atoms with Crippen LogP contribution in [0.25, 0.3) is 0 Å². The summed E-state index contributed by atoms with van der Waals surface area (Å²) in [5, 5.41) is 0. The van der Waals surface area contributed by atoms with Crippen LogP contribution < -0.4 is 10.5 Å². The largest absolute Gasteiger partial charge is 0.495 e. The molecule has 0 atom stereocenters. The highest BCUT2D eigenvalue weighted by Crippen LogP contribution is 2.33. The Labute approximate surface area is 79.3 Å². The van der Waals surface area contributed by atoms with Gasteiger partial charge >= 0.3 is 0 Å². The van der Waals surface area contributed by atoms with Gasteiger partial charge in [0.05, 0.1) is 12.8 Å². The maximum Gasteiger partial charge on any atom is 0.142 e. The molecule has 1 rings (SSSR count). The van der Waals surface area contributed by atoms with Gasteiger partial charge in [-0.2, -0.15) is 0 Å². The molecule has 1 aromatic carbocycles. The Kier molecular flexibility index (Phi) is 2.67. The lowest BCUT2D eigenvalue weighted by molar-refractivity contribution is 0.416. The van der Waals surface area contributed by atoms with Crippen LogP contribution >= 0.6 is 28.6 Å². The van der Waals surface area contributed by atoms with Gasteiger partial charge in [0.1, 0.15) is 5.75 Å². The first-order valence-electron chi connectivity index (χ1n) is 2.97.